The van der Waals surface area contributed by atoms with Gasteiger partial charge in [-0.3, -0.25) is 24.1 Å². The Hall–Kier alpha value is -4.00. The minimum Gasteiger partial charge on any atom is -0.366 e. The van der Waals surface area contributed by atoms with Crippen LogP contribution in [0.25, 0.3) is 10.8 Å². The lowest BCUT2D eigenvalue weighted by Crippen LogP contribution is -2.41. The van der Waals surface area contributed by atoms with E-state index >= 15 is 0 Å². The number of nitrogens with zero attached hydrogens (tertiary/aromatic N) is 1. The van der Waals surface area contributed by atoms with Crippen LogP contribution in [0, 0.1) is 0 Å². The van der Waals surface area contributed by atoms with Crippen LogP contribution in [0.4, 0.5) is 5.69 Å². The number of rotatable bonds is 6. The number of carbonyl (C=O) groups excluding carboxylic acids is 4. The molecule has 0 spiro atoms. The lowest BCUT2D eigenvalue weighted by Gasteiger charge is -2.27. The number of nitrogens with one attached hydrogen (secondary N) is 1. The van der Waals surface area contributed by atoms with Gasteiger partial charge in [0.05, 0.1) is 0 Å². The zero-order valence-corrected chi connectivity index (χ0v) is 16.1. The van der Waals surface area contributed by atoms with Crippen molar-refractivity contribution < 1.29 is 19.2 Å². The second kappa shape index (κ2) is 7.79. The van der Waals surface area contributed by atoms with Crippen LogP contribution in [0.2, 0.25) is 0 Å². The Kier molecular flexibility index (Phi) is 5.02. The van der Waals surface area contributed by atoms with Crippen LogP contribution < -0.4 is 11.1 Å². The Labute approximate surface area is 172 Å². The Morgan fingerprint density at radius 2 is 1.47 bits per heavy atom. The van der Waals surface area contributed by atoms with E-state index in [-0.39, 0.29) is 30.7 Å². The molecule has 0 unspecified atom stereocenters. The third-order valence-corrected chi connectivity index (χ3v) is 5.09. The van der Waals surface area contributed by atoms with Gasteiger partial charge in [0.25, 0.3) is 11.8 Å². The summed E-state index contributed by atoms with van der Waals surface area (Å²) in [6.45, 7) is 0.149. The minimum absolute atomic E-state index is 0.139. The zero-order chi connectivity index (χ0) is 21.3. The van der Waals surface area contributed by atoms with Gasteiger partial charge in [-0.15, -0.1) is 0 Å². The van der Waals surface area contributed by atoms with Crippen molar-refractivity contribution in [1.29, 1.82) is 0 Å². The van der Waals surface area contributed by atoms with Gasteiger partial charge in [-0.2, -0.15) is 0 Å². The maximum absolute atomic E-state index is 12.8. The molecule has 0 aliphatic carbocycles. The third kappa shape index (κ3) is 3.53. The van der Waals surface area contributed by atoms with Crippen LogP contribution in [0.5, 0.6) is 0 Å². The van der Waals surface area contributed by atoms with E-state index < -0.39 is 5.91 Å². The van der Waals surface area contributed by atoms with Gasteiger partial charge in [-0.1, -0.05) is 24.3 Å². The first-order chi connectivity index (χ1) is 14.5. The molecule has 1 aliphatic rings. The van der Waals surface area contributed by atoms with Crippen molar-refractivity contribution in [1.82, 2.24) is 4.90 Å². The number of imide groups is 1. The molecule has 0 fully saturated rings. The van der Waals surface area contributed by atoms with Gasteiger partial charge >= 0.3 is 0 Å². The fourth-order valence-corrected chi connectivity index (χ4v) is 3.62. The molecule has 0 atom stereocenters. The number of hydrogen-bond donors (Lipinski definition) is 2. The number of benzene rings is 3. The minimum atomic E-state index is -0.541. The van der Waals surface area contributed by atoms with Gasteiger partial charge in [0.15, 0.2) is 0 Å². The first kappa shape index (κ1) is 19.3. The fourth-order valence-electron chi connectivity index (χ4n) is 3.62. The summed E-state index contributed by atoms with van der Waals surface area (Å²) in [5, 5.41) is 4.26. The lowest BCUT2D eigenvalue weighted by atomic mass is 9.94. The van der Waals surface area contributed by atoms with Crippen LogP contribution in [0.1, 0.15) is 43.9 Å². The summed E-state index contributed by atoms with van der Waals surface area (Å²) in [6, 6.07) is 17.0. The second-order valence-electron chi connectivity index (χ2n) is 7.06. The van der Waals surface area contributed by atoms with Crippen molar-refractivity contribution in [2.75, 3.05) is 11.9 Å². The number of anilines is 1. The highest BCUT2D eigenvalue weighted by Crippen LogP contribution is 2.30. The van der Waals surface area contributed by atoms with Gasteiger partial charge in [-0.05, 0) is 48.2 Å². The summed E-state index contributed by atoms with van der Waals surface area (Å²) >= 11 is 0. The third-order valence-electron chi connectivity index (χ3n) is 5.09. The summed E-state index contributed by atoms with van der Waals surface area (Å²) in [4.78, 5) is 50.2. The van der Waals surface area contributed by atoms with Gasteiger partial charge in [0.1, 0.15) is 0 Å². The summed E-state index contributed by atoms with van der Waals surface area (Å²) in [5.41, 5.74) is 7.09. The Balaban J connectivity index is 1.39. The zero-order valence-electron chi connectivity index (χ0n) is 16.1. The first-order valence-corrected chi connectivity index (χ1v) is 9.53. The highest BCUT2D eigenvalue weighted by Gasteiger charge is 2.32. The molecule has 150 valence electrons. The summed E-state index contributed by atoms with van der Waals surface area (Å²) in [6.07, 6.45) is 0.474. The smallest absolute Gasteiger partial charge is 0.261 e. The van der Waals surface area contributed by atoms with E-state index in [1.807, 2.05) is 12.1 Å². The van der Waals surface area contributed by atoms with E-state index in [4.69, 9.17) is 5.73 Å². The lowest BCUT2D eigenvalue weighted by molar-refractivity contribution is -0.116. The molecule has 0 saturated heterocycles. The molecule has 0 radical (unpaired) electrons. The van der Waals surface area contributed by atoms with Crippen molar-refractivity contribution in [2.45, 2.75) is 12.8 Å². The highest BCUT2D eigenvalue weighted by atomic mass is 16.2. The maximum atomic E-state index is 12.8. The number of primary amides is 1. The molecule has 3 N–H and O–H groups in total. The summed E-state index contributed by atoms with van der Waals surface area (Å²) < 4.78 is 0. The van der Waals surface area contributed by atoms with Gasteiger partial charge in [0.2, 0.25) is 11.8 Å². The average Bonchev–Trinajstić information content (AvgIpc) is 2.74. The molecule has 1 heterocycles. The molecule has 0 aromatic heterocycles. The van der Waals surface area contributed by atoms with Crippen molar-refractivity contribution in [3.05, 3.63) is 77.4 Å². The monoisotopic (exact) mass is 401 g/mol. The highest BCUT2D eigenvalue weighted by molar-refractivity contribution is 6.25. The van der Waals surface area contributed by atoms with Crippen LogP contribution >= 0.6 is 0 Å². The quantitative estimate of drug-likeness (QED) is 0.619. The Morgan fingerprint density at radius 3 is 2.03 bits per heavy atom. The molecule has 4 rings (SSSR count). The molecule has 3 aromatic carbocycles. The molecule has 7 heteroatoms. The molecule has 4 amide bonds. The molecule has 1 aliphatic heterocycles. The molecule has 0 bridgehead atoms. The van der Waals surface area contributed by atoms with E-state index in [9.17, 15) is 19.2 Å². The topological polar surface area (TPSA) is 110 Å². The molecule has 3 aromatic rings. The molecular formula is C23H19N3O4. The molecule has 30 heavy (non-hydrogen) atoms. The summed E-state index contributed by atoms with van der Waals surface area (Å²) in [7, 11) is 0. The predicted octanol–water partition coefficient (Wildman–Crippen LogP) is 2.95. The van der Waals surface area contributed by atoms with E-state index in [0.29, 0.717) is 34.2 Å². The SMILES string of the molecule is NC(=O)c1ccc(NC(=O)CCCN2C(=O)c3cccc4cccc(c34)C2=O)cc1. The number of amides is 4. The average molecular weight is 401 g/mol. The summed E-state index contributed by atoms with van der Waals surface area (Å²) in [5.74, 6) is -1.47. The largest absolute Gasteiger partial charge is 0.366 e. The molecular weight excluding hydrogens is 382 g/mol. The Morgan fingerprint density at radius 1 is 0.867 bits per heavy atom. The van der Waals surface area contributed by atoms with Crippen LogP contribution in [0.3, 0.4) is 0 Å². The van der Waals surface area contributed by atoms with Crippen LogP contribution in [0.15, 0.2) is 60.7 Å². The Bertz CT molecular complexity index is 1130. The number of hydrogen-bond acceptors (Lipinski definition) is 4. The van der Waals surface area contributed by atoms with E-state index in [1.165, 1.54) is 17.0 Å². The van der Waals surface area contributed by atoms with Gasteiger partial charge < -0.3 is 11.1 Å². The van der Waals surface area contributed by atoms with E-state index in [2.05, 4.69) is 5.32 Å². The van der Waals surface area contributed by atoms with Crippen LogP contribution in [-0.2, 0) is 4.79 Å². The maximum Gasteiger partial charge on any atom is 0.261 e. The van der Waals surface area contributed by atoms with E-state index in [0.717, 1.165) is 5.39 Å². The number of nitrogens with two attached hydrogens (primary N) is 1. The van der Waals surface area contributed by atoms with Crippen LogP contribution in [-0.4, -0.2) is 35.1 Å². The van der Waals surface area contributed by atoms with Crippen molar-refractivity contribution in [3.8, 4) is 0 Å². The van der Waals surface area contributed by atoms with Gasteiger partial charge in [0, 0.05) is 40.7 Å². The molecule has 7 nitrogen and oxygen atoms in total. The fraction of sp³-hybridized carbons (Fsp3) is 0.130. The predicted molar refractivity (Wildman–Crippen MR) is 112 cm³/mol. The first-order valence-electron chi connectivity index (χ1n) is 9.53. The van der Waals surface area contributed by atoms with Gasteiger partial charge in [-0.25, -0.2) is 0 Å². The second-order valence-corrected chi connectivity index (χ2v) is 7.06. The van der Waals surface area contributed by atoms with Crippen molar-refractivity contribution in [3.63, 3.8) is 0 Å². The van der Waals surface area contributed by atoms with Crippen molar-refractivity contribution in [2.24, 2.45) is 5.73 Å². The normalized spacial score (nSPS) is 12.9. The molecule has 0 saturated carbocycles. The van der Waals surface area contributed by atoms with E-state index in [1.54, 1.807) is 36.4 Å². The number of carbonyl (C=O) groups is 4. The standard InChI is InChI=1S/C23H19N3O4/c24-21(28)15-9-11-16(12-10-15)25-19(27)8-3-13-26-22(29)17-6-1-4-14-5-2-7-18(20(14)17)23(26)30/h1-2,4-7,9-12H,3,8,13H2,(H2,24,28)(H,25,27). The van der Waals surface area contributed by atoms with Crippen molar-refractivity contribution >= 4 is 40.1 Å².